The number of likely N-dealkylation sites (tertiary alicyclic amines) is 1. The van der Waals surface area contributed by atoms with E-state index in [0.29, 0.717) is 6.42 Å². The number of thioether (sulfide) groups is 1. The zero-order chi connectivity index (χ0) is 25.1. The third-order valence-corrected chi connectivity index (χ3v) is 8.43. The van der Waals surface area contributed by atoms with Crippen molar-refractivity contribution in [3.63, 3.8) is 0 Å². The molecule has 2 aliphatic heterocycles. The zero-order valence-electron chi connectivity index (χ0n) is 20.5. The lowest BCUT2D eigenvalue weighted by Gasteiger charge is -2.19. The molecule has 3 aromatic rings. The lowest BCUT2D eigenvalue weighted by Crippen LogP contribution is -2.26. The lowest BCUT2D eigenvalue weighted by atomic mass is 9.87. The molecule has 1 fully saturated rings. The van der Waals surface area contributed by atoms with Crippen LogP contribution < -0.4 is 4.74 Å². The van der Waals surface area contributed by atoms with Gasteiger partial charge in [-0.3, -0.25) is 9.29 Å². The van der Waals surface area contributed by atoms with Crippen LogP contribution in [0.4, 0.5) is 4.39 Å². The number of phenolic OH excluding ortho intramolecular Hbond substituents is 1. The summed E-state index contributed by atoms with van der Waals surface area (Å²) in [6.07, 6.45) is 2.59. The molecule has 1 saturated heterocycles. The number of halogens is 2. The fraction of sp³-hybridized carbons (Fsp3) is 0.333. The maximum Gasteiger partial charge on any atom is 0.119 e. The smallest absolute Gasteiger partial charge is 0.119 e. The standard InChI is InChI=1S/C30H31ClFNO2S/c1-20-17-22(5-9-28(20)31)26-12-16-36-29-10-6-23(34)18-27(29)30(26)21-3-7-24(8-4-21)35-25-11-15-33(19-25)14-2-13-32/h3-10,17-18,25,34H,2,11-16,19H2,1H3/t25-/m0/s1. The highest BCUT2D eigenvalue weighted by Crippen LogP contribution is 2.44. The maximum atomic E-state index is 12.5. The van der Waals surface area contributed by atoms with Gasteiger partial charge in [-0.05, 0) is 96.0 Å². The molecule has 2 aliphatic rings. The van der Waals surface area contributed by atoms with Crippen LogP contribution in [0.2, 0.25) is 5.02 Å². The first-order valence-electron chi connectivity index (χ1n) is 12.5. The number of hydrogen-bond donors (Lipinski definition) is 1. The summed E-state index contributed by atoms with van der Waals surface area (Å²) in [6.45, 7) is 4.36. The topological polar surface area (TPSA) is 32.7 Å². The number of phenols is 1. The number of rotatable bonds is 7. The fourth-order valence-corrected chi connectivity index (χ4v) is 6.24. The van der Waals surface area contributed by atoms with Crippen molar-refractivity contribution in [1.82, 2.24) is 4.90 Å². The van der Waals surface area contributed by atoms with Crippen molar-refractivity contribution >= 4 is 34.5 Å². The Bertz CT molecular complexity index is 1260. The Balaban J connectivity index is 1.49. The van der Waals surface area contributed by atoms with E-state index in [1.165, 1.54) is 10.5 Å². The van der Waals surface area contributed by atoms with Gasteiger partial charge in [-0.25, -0.2) is 0 Å². The van der Waals surface area contributed by atoms with Gasteiger partial charge in [0.05, 0.1) is 6.67 Å². The molecule has 1 atom stereocenters. The van der Waals surface area contributed by atoms with Gasteiger partial charge in [0.15, 0.2) is 0 Å². The van der Waals surface area contributed by atoms with Gasteiger partial charge in [-0.1, -0.05) is 35.9 Å². The van der Waals surface area contributed by atoms with Crippen molar-refractivity contribution < 1.29 is 14.2 Å². The monoisotopic (exact) mass is 523 g/mol. The van der Waals surface area contributed by atoms with Gasteiger partial charge in [-0.2, -0.15) is 0 Å². The Morgan fingerprint density at radius 2 is 1.89 bits per heavy atom. The van der Waals surface area contributed by atoms with E-state index in [9.17, 15) is 9.50 Å². The van der Waals surface area contributed by atoms with E-state index in [4.69, 9.17) is 16.3 Å². The van der Waals surface area contributed by atoms with Gasteiger partial charge >= 0.3 is 0 Å². The van der Waals surface area contributed by atoms with Crippen LogP contribution in [0.25, 0.3) is 11.1 Å². The highest BCUT2D eigenvalue weighted by molar-refractivity contribution is 7.99. The molecule has 0 aromatic heterocycles. The SMILES string of the molecule is Cc1cc(C2=C(c3ccc(O[C@H]4CCN(CCCF)C4)cc3)c3cc(O)ccc3SCC2)ccc1Cl. The lowest BCUT2D eigenvalue weighted by molar-refractivity contribution is 0.198. The molecule has 3 aromatic carbocycles. The van der Waals surface area contributed by atoms with Gasteiger partial charge in [0.2, 0.25) is 0 Å². The summed E-state index contributed by atoms with van der Waals surface area (Å²) < 4.78 is 18.8. The molecule has 0 saturated carbocycles. The molecule has 3 nitrogen and oxygen atoms in total. The van der Waals surface area contributed by atoms with Gasteiger partial charge in [-0.15, -0.1) is 11.8 Å². The molecule has 0 bridgehead atoms. The molecule has 0 amide bonds. The van der Waals surface area contributed by atoms with E-state index in [1.54, 1.807) is 6.07 Å². The predicted molar refractivity (Wildman–Crippen MR) is 148 cm³/mol. The minimum atomic E-state index is -0.268. The second kappa shape index (κ2) is 11.3. The van der Waals surface area contributed by atoms with Crippen LogP contribution in [-0.2, 0) is 0 Å². The van der Waals surface area contributed by atoms with Crippen molar-refractivity contribution in [2.45, 2.75) is 37.2 Å². The van der Waals surface area contributed by atoms with Crippen molar-refractivity contribution in [2.24, 2.45) is 0 Å². The van der Waals surface area contributed by atoms with Gasteiger partial charge in [0, 0.05) is 35.3 Å². The summed E-state index contributed by atoms with van der Waals surface area (Å²) in [4.78, 5) is 3.44. The second-order valence-corrected chi connectivity index (χ2v) is 11.0. The summed E-state index contributed by atoms with van der Waals surface area (Å²) in [5, 5.41) is 11.1. The molecule has 1 N–H and O–H groups in total. The molecule has 5 rings (SSSR count). The Morgan fingerprint density at radius 3 is 2.67 bits per heavy atom. The summed E-state index contributed by atoms with van der Waals surface area (Å²) in [5.74, 6) is 2.07. The van der Waals surface area contributed by atoms with E-state index < -0.39 is 0 Å². The van der Waals surface area contributed by atoms with Crippen LogP contribution in [0, 0.1) is 6.92 Å². The first-order chi connectivity index (χ1) is 17.5. The van der Waals surface area contributed by atoms with Crippen molar-refractivity contribution in [2.75, 3.05) is 32.1 Å². The van der Waals surface area contributed by atoms with Gasteiger partial charge in [0.25, 0.3) is 0 Å². The Kier molecular flexibility index (Phi) is 7.90. The number of ether oxygens (including phenoxy) is 1. The third kappa shape index (κ3) is 5.59. The predicted octanol–water partition coefficient (Wildman–Crippen LogP) is 7.62. The number of aryl methyl sites for hydroxylation is 1. The summed E-state index contributed by atoms with van der Waals surface area (Å²) in [5.41, 5.74) is 6.73. The van der Waals surface area contributed by atoms with Crippen LogP contribution in [0.3, 0.4) is 0 Å². The first-order valence-corrected chi connectivity index (χ1v) is 13.9. The number of alkyl halides is 1. The Morgan fingerprint density at radius 1 is 1.08 bits per heavy atom. The van der Waals surface area contributed by atoms with Crippen molar-refractivity contribution in [1.29, 1.82) is 0 Å². The molecule has 36 heavy (non-hydrogen) atoms. The molecule has 188 valence electrons. The molecular weight excluding hydrogens is 493 g/mol. The summed E-state index contributed by atoms with van der Waals surface area (Å²) in [6, 6.07) is 20.2. The van der Waals surface area contributed by atoms with Crippen LogP contribution in [0.5, 0.6) is 11.5 Å². The van der Waals surface area contributed by atoms with Crippen LogP contribution in [0.1, 0.15) is 41.5 Å². The van der Waals surface area contributed by atoms with E-state index >= 15 is 0 Å². The average Bonchev–Trinajstić information content (AvgIpc) is 3.24. The normalized spacial score (nSPS) is 18.2. The minimum Gasteiger partial charge on any atom is -0.508 e. The summed E-state index contributed by atoms with van der Waals surface area (Å²) in [7, 11) is 0. The van der Waals surface area contributed by atoms with Gasteiger partial charge < -0.3 is 9.84 Å². The van der Waals surface area contributed by atoms with E-state index in [2.05, 4.69) is 29.2 Å². The molecule has 0 aliphatic carbocycles. The molecule has 0 spiro atoms. The molecule has 2 heterocycles. The van der Waals surface area contributed by atoms with E-state index in [0.717, 1.165) is 76.8 Å². The molecule has 0 radical (unpaired) electrons. The second-order valence-electron chi connectivity index (χ2n) is 9.49. The zero-order valence-corrected chi connectivity index (χ0v) is 22.0. The van der Waals surface area contributed by atoms with Crippen LogP contribution >= 0.6 is 23.4 Å². The maximum absolute atomic E-state index is 12.5. The summed E-state index contributed by atoms with van der Waals surface area (Å²) >= 11 is 8.16. The minimum absolute atomic E-state index is 0.134. The van der Waals surface area contributed by atoms with Crippen LogP contribution in [0.15, 0.2) is 65.6 Å². The Labute approximate surface area is 221 Å². The number of hydrogen-bond acceptors (Lipinski definition) is 4. The van der Waals surface area contributed by atoms with Crippen molar-refractivity contribution in [3.8, 4) is 11.5 Å². The highest BCUT2D eigenvalue weighted by Gasteiger charge is 2.24. The number of fused-ring (bicyclic) bond motifs is 1. The largest absolute Gasteiger partial charge is 0.508 e. The Hall–Kier alpha value is -2.47. The van der Waals surface area contributed by atoms with Gasteiger partial charge in [0.1, 0.15) is 17.6 Å². The first kappa shape index (κ1) is 25.2. The quantitative estimate of drug-likeness (QED) is 0.345. The number of benzene rings is 3. The molecular formula is C30H31ClFNO2S. The fourth-order valence-electron chi connectivity index (χ4n) is 5.11. The van der Waals surface area contributed by atoms with E-state index in [-0.39, 0.29) is 18.5 Å². The van der Waals surface area contributed by atoms with E-state index in [1.807, 2.05) is 49.0 Å². The van der Waals surface area contributed by atoms with Crippen molar-refractivity contribution in [3.05, 3.63) is 87.9 Å². The number of allylic oxidation sites excluding steroid dienone is 1. The average molecular weight is 524 g/mol. The number of aromatic hydroxyl groups is 1. The highest BCUT2D eigenvalue weighted by atomic mass is 35.5. The van der Waals surface area contributed by atoms with Crippen LogP contribution in [-0.4, -0.2) is 48.2 Å². The molecule has 0 unspecified atom stereocenters. The third-order valence-electron chi connectivity index (χ3n) is 6.93. The number of nitrogens with zero attached hydrogens (tertiary/aromatic N) is 1. The molecule has 6 heteroatoms.